The second-order valence-corrected chi connectivity index (χ2v) is 6.66. The number of amides is 1. The van der Waals surface area contributed by atoms with Gasteiger partial charge in [-0.05, 0) is 48.2 Å². The molecule has 7 heteroatoms. The standard InChI is InChI=1S/C20H18F3NO3/c21-16-7-12(8-17(22)19(16)23)9-18(25)24-6-2-5-15(11-24)13-3-1-4-14(10-13)20(26)27/h1,3-4,7-8,10,15H,2,5-6,9,11H2,(H,26,27)/t15-/m1/s1. The van der Waals surface area contributed by atoms with E-state index in [-0.39, 0.29) is 29.4 Å². The first-order valence-corrected chi connectivity index (χ1v) is 8.59. The summed E-state index contributed by atoms with van der Waals surface area (Å²) in [6.07, 6.45) is 1.32. The first kappa shape index (κ1) is 18.9. The minimum absolute atomic E-state index is 0.0105. The molecule has 0 aromatic heterocycles. The molecule has 1 aliphatic heterocycles. The van der Waals surface area contributed by atoms with Crippen LogP contribution in [0.4, 0.5) is 13.2 Å². The van der Waals surface area contributed by atoms with Crippen molar-refractivity contribution in [3.63, 3.8) is 0 Å². The molecule has 1 amide bonds. The number of likely N-dealkylation sites (tertiary alicyclic amines) is 1. The summed E-state index contributed by atoms with van der Waals surface area (Å²) in [5.41, 5.74) is 1.10. The molecule has 1 fully saturated rings. The highest BCUT2D eigenvalue weighted by atomic mass is 19.2. The second-order valence-electron chi connectivity index (χ2n) is 6.66. The fraction of sp³-hybridized carbons (Fsp3) is 0.300. The van der Waals surface area contributed by atoms with Gasteiger partial charge in [0, 0.05) is 19.0 Å². The molecule has 1 aliphatic rings. The zero-order chi connectivity index (χ0) is 19.6. The Morgan fingerprint density at radius 3 is 2.48 bits per heavy atom. The molecule has 142 valence electrons. The molecule has 1 saturated heterocycles. The number of rotatable bonds is 4. The van der Waals surface area contributed by atoms with Gasteiger partial charge in [0.15, 0.2) is 17.5 Å². The molecule has 0 unspecified atom stereocenters. The number of aromatic carboxylic acids is 1. The van der Waals surface area contributed by atoms with Gasteiger partial charge in [-0.2, -0.15) is 0 Å². The maximum atomic E-state index is 13.3. The third-order valence-electron chi connectivity index (χ3n) is 4.78. The van der Waals surface area contributed by atoms with Gasteiger partial charge in [-0.3, -0.25) is 4.79 Å². The van der Waals surface area contributed by atoms with E-state index in [0.29, 0.717) is 13.1 Å². The lowest BCUT2D eigenvalue weighted by molar-refractivity contribution is -0.131. The summed E-state index contributed by atoms with van der Waals surface area (Å²) >= 11 is 0. The largest absolute Gasteiger partial charge is 0.478 e. The van der Waals surface area contributed by atoms with Crippen LogP contribution in [-0.2, 0) is 11.2 Å². The average Bonchev–Trinajstić information content (AvgIpc) is 2.66. The summed E-state index contributed by atoms with van der Waals surface area (Å²) in [5, 5.41) is 9.12. The molecular formula is C20H18F3NO3. The van der Waals surface area contributed by atoms with Crippen LogP contribution in [0.15, 0.2) is 36.4 Å². The third kappa shape index (κ3) is 4.30. The summed E-state index contributed by atoms with van der Waals surface area (Å²) in [5.74, 6) is -5.52. The number of carboxylic acid groups (broad SMARTS) is 1. The maximum Gasteiger partial charge on any atom is 0.335 e. The van der Waals surface area contributed by atoms with Crippen LogP contribution in [0.5, 0.6) is 0 Å². The molecule has 2 aromatic rings. The first-order valence-electron chi connectivity index (χ1n) is 8.59. The number of hydrogen-bond acceptors (Lipinski definition) is 2. The van der Waals surface area contributed by atoms with Crippen LogP contribution < -0.4 is 0 Å². The Labute approximate surface area is 154 Å². The molecule has 0 aliphatic carbocycles. The van der Waals surface area contributed by atoms with Crippen molar-refractivity contribution >= 4 is 11.9 Å². The first-order chi connectivity index (χ1) is 12.8. The molecular weight excluding hydrogens is 359 g/mol. The van der Waals surface area contributed by atoms with Crippen molar-refractivity contribution in [3.05, 3.63) is 70.5 Å². The molecule has 1 N–H and O–H groups in total. The Kier molecular flexibility index (Phi) is 5.48. The fourth-order valence-corrected chi connectivity index (χ4v) is 3.40. The lowest BCUT2D eigenvalue weighted by Crippen LogP contribution is -2.40. The van der Waals surface area contributed by atoms with Crippen molar-refractivity contribution in [2.75, 3.05) is 13.1 Å². The number of hydrogen-bond donors (Lipinski definition) is 1. The highest BCUT2D eigenvalue weighted by molar-refractivity contribution is 5.87. The predicted octanol–water partition coefficient (Wildman–Crippen LogP) is 3.75. The summed E-state index contributed by atoms with van der Waals surface area (Å²) < 4.78 is 39.7. The molecule has 3 rings (SSSR count). The maximum absolute atomic E-state index is 13.3. The molecule has 4 nitrogen and oxygen atoms in total. The monoisotopic (exact) mass is 377 g/mol. The minimum atomic E-state index is -1.55. The minimum Gasteiger partial charge on any atom is -0.478 e. The Morgan fingerprint density at radius 2 is 1.81 bits per heavy atom. The number of carbonyl (C=O) groups is 2. The SMILES string of the molecule is O=C(O)c1cccc([C@@H]2CCCN(C(=O)Cc3cc(F)c(F)c(F)c3)C2)c1. The topological polar surface area (TPSA) is 57.6 Å². The summed E-state index contributed by atoms with van der Waals surface area (Å²) in [6.45, 7) is 0.911. The normalized spacial score (nSPS) is 17.0. The zero-order valence-electron chi connectivity index (χ0n) is 14.4. The van der Waals surface area contributed by atoms with E-state index in [1.807, 2.05) is 6.07 Å². The van der Waals surface area contributed by atoms with E-state index in [2.05, 4.69) is 0 Å². The van der Waals surface area contributed by atoms with Crippen molar-refractivity contribution in [2.45, 2.75) is 25.2 Å². The number of benzene rings is 2. The summed E-state index contributed by atoms with van der Waals surface area (Å²) in [7, 11) is 0. The van der Waals surface area contributed by atoms with E-state index < -0.39 is 23.4 Å². The van der Waals surface area contributed by atoms with Crippen LogP contribution >= 0.6 is 0 Å². The van der Waals surface area contributed by atoms with Crippen LogP contribution in [0.3, 0.4) is 0 Å². The van der Waals surface area contributed by atoms with E-state index >= 15 is 0 Å². The Hall–Kier alpha value is -2.83. The van der Waals surface area contributed by atoms with Crippen LogP contribution in [0.25, 0.3) is 0 Å². The van der Waals surface area contributed by atoms with E-state index in [1.54, 1.807) is 17.0 Å². The quantitative estimate of drug-likeness (QED) is 0.826. The summed E-state index contributed by atoms with van der Waals surface area (Å²) in [6, 6.07) is 8.27. The van der Waals surface area contributed by atoms with Gasteiger partial charge in [-0.15, -0.1) is 0 Å². The Bertz CT molecular complexity index is 862. The molecule has 0 radical (unpaired) electrons. The van der Waals surface area contributed by atoms with Crippen LogP contribution in [0, 0.1) is 17.5 Å². The van der Waals surface area contributed by atoms with Crippen molar-refractivity contribution < 1.29 is 27.9 Å². The molecule has 2 aromatic carbocycles. The van der Waals surface area contributed by atoms with Gasteiger partial charge < -0.3 is 10.0 Å². The van der Waals surface area contributed by atoms with E-state index in [9.17, 15) is 22.8 Å². The molecule has 0 bridgehead atoms. The van der Waals surface area contributed by atoms with Crippen LogP contribution in [0.2, 0.25) is 0 Å². The smallest absolute Gasteiger partial charge is 0.335 e. The molecule has 0 saturated carbocycles. The van der Waals surface area contributed by atoms with E-state index in [1.165, 1.54) is 6.07 Å². The molecule has 1 heterocycles. The number of carbonyl (C=O) groups excluding carboxylic acids is 1. The number of halogens is 3. The molecule has 27 heavy (non-hydrogen) atoms. The predicted molar refractivity (Wildman–Crippen MR) is 92.0 cm³/mol. The van der Waals surface area contributed by atoms with Crippen molar-refractivity contribution in [3.8, 4) is 0 Å². The Balaban J connectivity index is 1.71. The highest BCUT2D eigenvalue weighted by Gasteiger charge is 2.25. The van der Waals surface area contributed by atoms with Gasteiger partial charge in [-0.25, -0.2) is 18.0 Å². The van der Waals surface area contributed by atoms with Gasteiger partial charge in [0.25, 0.3) is 0 Å². The van der Waals surface area contributed by atoms with Crippen molar-refractivity contribution in [2.24, 2.45) is 0 Å². The van der Waals surface area contributed by atoms with E-state index in [0.717, 1.165) is 30.5 Å². The Morgan fingerprint density at radius 1 is 1.11 bits per heavy atom. The van der Waals surface area contributed by atoms with Crippen molar-refractivity contribution in [1.29, 1.82) is 0 Å². The van der Waals surface area contributed by atoms with Crippen LogP contribution in [0.1, 0.15) is 40.2 Å². The number of nitrogens with zero attached hydrogens (tertiary/aromatic N) is 1. The highest BCUT2D eigenvalue weighted by Crippen LogP contribution is 2.28. The second kappa shape index (κ2) is 7.82. The van der Waals surface area contributed by atoms with Gasteiger partial charge in [0.05, 0.1) is 12.0 Å². The van der Waals surface area contributed by atoms with Crippen molar-refractivity contribution in [1.82, 2.24) is 4.90 Å². The fourth-order valence-electron chi connectivity index (χ4n) is 3.40. The number of piperidine rings is 1. The van der Waals surface area contributed by atoms with E-state index in [4.69, 9.17) is 5.11 Å². The lowest BCUT2D eigenvalue weighted by Gasteiger charge is -2.33. The zero-order valence-corrected chi connectivity index (χ0v) is 14.4. The van der Waals surface area contributed by atoms with Gasteiger partial charge >= 0.3 is 5.97 Å². The van der Waals surface area contributed by atoms with Gasteiger partial charge in [0.2, 0.25) is 5.91 Å². The summed E-state index contributed by atoms with van der Waals surface area (Å²) in [4.78, 5) is 25.3. The molecule has 0 spiro atoms. The van der Waals surface area contributed by atoms with Gasteiger partial charge in [0.1, 0.15) is 0 Å². The lowest BCUT2D eigenvalue weighted by atomic mass is 9.89. The average molecular weight is 377 g/mol. The van der Waals surface area contributed by atoms with Crippen LogP contribution in [-0.4, -0.2) is 35.0 Å². The van der Waals surface area contributed by atoms with Gasteiger partial charge in [-0.1, -0.05) is 12.1 Å². The third-order valence-corrected chi connectivity index (χ3v) is 4.78. The number of carboxylic acids is 1. The molecule has 1 atom stereocenters.